The number of hydrogen-bond acceptors (Lipinski definition) is 3. The van der Waals surface area contributed by atoms with Crippen LogP contribution < -0.4 is 10.3 Å². The van der Waals surface area contributed by atoms with Gasteiger partial charge in [0.15, 0.2) is 5.56 Å². The molecule has 2 rings (SSSR count). The van der Waals surface area contributed by atoms with Crippen LogP contribution >= 0.6 is 0 Å². The topological polar surface area (TPSA) is 40.5 Å². The largest absolute Gasteiger partial charge is 0.491 e. The molecule has 121 valence electrons. The number of aryl methyl sites for hydroxylation is 2. The van der Waals surface area contributed by atoms with Crippen molar-refractivity contribution in [2.24, 2.45) is 0 Å². The first-order chi connectivity index (χ1) is 10.6. The van der Waals surface area contributed by atoms with Crippen molar-refractivity contribution < 1.29 is 42.2 Å². The Kier molecular flexibility index (Phi) is 8.17. The van der Waals surface area contributed by atoms with Crippen LogP contribution in [-0.2, 0) is 44.0 Å². The van der Waals surface area contributed by atoms with Crippen molar-refractivity contribution in [3.05, 3.63) is 51.8 Å². The van der Waals surface area contributed by atoms with Gasteiger partial charge in [0.05, 0.1) is 6.61 Å². The Morgan fingerprint density at radius 2 is 1.91 bits per heavy atom. The maximum Gasteiger partial charge on any atom is 0.197 e. The Hall–Kier alpha value is -0.966. The van der Waals surface area contributed by atoms with Crippen molar-refractivity contribution >= 4 is 0 Å². The number of pyridine rings is 1. The molecule has 1 radical (unpaired) electrons. The van der Waals surface area contributed by atoms with Crippen LogP contribution in [0.2, 0.25) is 0 Å². The molecule has 1 heterocycles. The first-order valence-corrected chi connectivity index (χ1v) is 7.43. The van der Waals surface area contributed by atoms with Gasteiger partial charge in [-0.05, 0) is 19.1 Å². The van der Waals surface area contributed by atoms with E-state index in [-0.39, 0.29) is 38.3 Å². The predicted octanol–water partition coefficient (Wildman–Crippen LogP) is 2.97. The molecule has 0 aliphatic rings. The zero-order valence-corrected chi connectivity index (χ0v) is 17.0. The molecular formula is C18H22NO3Y-. The van der Waals surface area contributed by atoms with Crippen LogP contribution in [0.4, 0.5) is 0 Å². The van der Waals surface area contributed by atoms with Crippen LogP contribution in [0.3, 0.4) is 0 Å². The molecule has 23 heavy (non-hydrogen) atoms. The van der Waals surface area contributed by atoms with E-state index in [0.717, 1.165) is 22.6 Å². The van der Waals surface area contributed by atoms with Gasteiger partial charge in [-0.1, -0.05) is 36.2 Å². The predicted molar refractivity (Wildman–Crippen MR) is 87.5 cm³/mol. The second kappa shape index (κ2) is 9.36. The first-order valence-electron chi connectivity index (χ1n) is 7.43. The van der Waals surface area contributed by atoms with E-state index in [1.165, 1.54) is 0 Å². The molecule has 0 saturated heterocycles. The molecule has 0 unspecified atom stereocenters. The van der Waals surface area contributed by atoms with E-state index in [1.54, 1.807) is 17.7 Å². The molecule has 0 atom stereocenters. The van der Waals surface area contributed by atoms with E-state index < -0.39 is 0 Å². The number of aromatic nitrogens is 1. The van der Waals surface area contributed by atoms with E-state index in [9.17, 15) is 4.79 Å². The molecule has 4 nitrogen and oxygen atoms in total. The second-order valence-electron chi connectivity index (χ2n) is 5.19. The molecule has 0 bridgehead atoms. The van der Waals surface area contributed by atoms with E-state index in [0.29, 0.717) is 25.3 Å². The van der Waals surface area contributed by atoms with Gasteiger partial charge in [-0.15, -0.1) is 6.07 Å². The average molecular weight is 389 g/mol. The van der Waals surface area contributed by atoms with Crippen LogP contribution in [0.15, 0.2) is 29.1 Å². The molecule has 0 aliphatic heterocycles. The Morgan fingerprint density at radius 3 is 2.52 bits per heavy atom. The van der Waals surface area contributed by atoms with Gasteiger partial charge in [-0.2, -0.15) is 12.1 Å². The van der Waals surface area contributed by atoms with Gasteiger partial charge >= 0.3 is 0 Å². The summed E-state index contributed by atoms with van der Waals surface area (Å²) in [6, 6.07) is 10.8. The normalized spacial score (nSPS) is 10.3. The Bertz CT molecular complexity index is 710. The number of benzene rings is 1. The van der Waals surface area contributed by atoms with E-state index in [2.05, 4.69) is 6.07 Å². The van der Waals surface area contributed by atoms with E-state index in [4.69, 9.17) is 9.47 Å². The fourth-order valence-electron chi connectivity index (χ4n) is 2.39. The number of hydrogen-bond donors (Lipinski definition) is 0. The van der Waals surface area contributed by atoms with Crippen molar-refractivity contribution in [1.29, 1.82) is 0 Å². The third-order valence-electron chi connectivity index (χ3n) is 3.60. The summed E-state index contributed by atoms with van der Waals surface area (Å²) in [5.74, 6) is 0.802. The summed E-state index contributed by atoms with van der Waals surface area (Å²) in [6.45, 7) is 7.49. The summed E-state index contributed by atoms with van der Waals surface area (Å²) in [6.07, 6.45) is 0. The van der Waals surface area contributed by atoms with Crippen LogP contribution in [0, 0.1) is 19.9 Å². The Morgan fingerprint density at radius 1 is 1.17 bits per heavy atom. The summed E-state index contributed by atoms with van der Waals surface area (Å²) in [5.41, 5.74) is 3.62. The quantitative estimate of drug-likeness (QED) is 0.564. The van der Waals surface area contributed by atoms with Crippen LogP contribution in [0.1, 0.15) is 18.1 Å². The van der Waals surface area contributed by atoms with E-state index >= 15 is 0 Å². The molecule has 0 aliphatic carbocycles. The SMILES string of the molecule is CCn1c(-c2ccc(OCCOC)cc2C)[c-]cc(C)c1=O.[Y]. The van der Waals surface area contributed by atoms with Crippen LogP contribution in [0.25, 0.3) is 11.3 Å². The summed E-state index contributed by atoms with van der Waals surface area (Å²) in [5, 5.41) is 0. The third kappa shape index (κ3) is 4.75. The van der Waals surface area contributed by atoms with Crippen LogP contribution in [-0.4, -0.2) is 24.9 Å². The number of methoxy groups -OCH3 is 1. The zero-order valence-electron chi connectivity index (χ0n) is 14.2. The van der Waals surface area contributed by atoms with Crippen molar-refractivity contribution in [2.45, 2.75) is 27.3 Å². The number of ether oxygens (including phenoxy) is 2. The van der Waals surface area contributed by atoms with Gasteiger partial charge in [0, 0.05) is 46.4 Å². The van der Waals surface area contributed by atoms with Gasteiger partial charge in [0.25, 0.3) is 0 Å². The molecule has 5 heteroatoms. The molecule has 1 aromatic carbocycles. The zero-order chi connectivity index (χ0) is 16.1. The fraction of sp³-hybridized carbons (Fsp3) is 0.389. The monoisotopic (exact) mass is 389 g/mol. The smallest absolute Gasteiger partial charge is 0.197 e. The van der Waals surface area contributed by atoms with Gasteiger partial charge in [-0.3, -0.25) is 4.79 Å². The number of nitrogens with zero attached hydrogens (tertiary/aromatic N) is 1. The number of rotatable bonds is 6. The minimum atomic E-state index is 0. The van der Waals surface area contributed by atoms with Crippen molar-refractivity contribution in [2.75, 3.05) is 20.3 Å². The Labute approximate surface area is 162 Å². The van der Waals surface area contributed by atoms with Gasteiger partial charge in [0.1, 0.15) is 12.4 Å². The van der Waals surface area contributed by atoms with Crippen molar-refractivity contribution in [3.63, 3.8) is 0 Å². The Balaban J connectivity index is 0.00000264. The van der Waals surface area contributed by atoms with Crippen molar-refractivity contribution in [3.8, 4) is 17.0 Å². The van der Waals surface area contributed by atoms with Gasteiger partial charge < -0.3 is 14.0 Å². The molecule has 1 aromatic heterocycles. The fourth-order valence-corrected chi connectivity index (χ4v) is 2.39. The molecule has 2 aromatic rings. The van der Waals surface area contributed by atoms with Crippen molar-refractivity contribution in [1.82, 2.24) is 4.57 Å². The molecule has 0 N–H and O–H groups in total. The maximum atomic E-state index is 12.3. The molecule has 0 spiro atoms. The molecule has 0 saturated carbocycles. The van der Waals surface area contributed by atoms with E-state index in [1.807, 2.05) is 39.0 Å². The maximum absolute atomic E-state index is 12.3. The first kappa shape index (κ1) is 20.1. The summed E-state index contributed by atoms with van der Waals surface area (Å²) < 4.78 is 12.3. The minimum absolute atomic E-state index is 0. The second-order valence-corrected chi connectivity index (χ2v) is 5.19. The third-order valence-corrected chi connectivity index (χ3v) is 3.60. The van der Waals surface area contributed by atoms with Gasteiger partial charge in [0.2, 0.25) is 0 Å². The molecule has 0 amide bonds. The average Bonchev–Trinajstić information content (AvgIpc) is 2.51. The minimum Gasteiger partial charge on any atom is -0.491 e. The molecular weight excluding hydrogens is 367 g/mol. The van der Waals surface area contributed by atoms with Crippen LogP contribution in [0.5, 0.6) is 5.75 Å². The summed E-state index contributed by atoms with van der Waals surface area (Å²) in [4.78, 5) is 12.3. The van der Waals surface area contributed by atoms with Gasteiger partial charge in [-0.25, -0.2) is 0 Å². The summed E-state index contributed by atoms with van der Waals surface area (Å²) >= 11 is 0. The standard InChI is InChI=1S/C18H22NO3.Y/c1-5-19-17(9-6-13(2)18(19)20)16-8-7-15(12-14(16)3)22-11-10-21-4;/h6-8,12H,5,10-11H2,1-4H3;/q-1;. The molecule has 0 fully saturated rings. The summed E-state index contributed by atoms with van der Waals surface area (Å²) in [7, 11) is 1.65.